The monoisotopic (exact) mass is 260 g/mol. The maximum atomic E-state index is 9.08. The average Bonchev–Trinajstić information content (AvgIpc) is 2.39. The molecule has 0 heterocycles. The summed E-state index contributed by atoms with van der Waals surface area (Å²) in [6.07, 6.45) is 3.91. The molecule has 1 aromatic rings. The fourth-order valence-electron chi connectivity index (χ4n) is 2.22. The normalized spacial score (nSPS) is 22.8. The Morgan fingerprint density at radius 1 is 1.22 bits per heavy atom. The number of nitriles is 2. The van der Waals surface area contributed by atoms with Crippen molar-refractivity contribution < 1.29 is 4.74 Å². The van der Waals surface area contributed by atoms with E-state index in [1.807, 2.05) is 6.07 Å². The van der Waals surface area contributed by atoms with E-state index < -0.39 is 0 Å². The van der Waals surface area contributed by atoms with Gasteiger partial charge in [-0.05, 0) is 31.4 Å². The number of hydrogen-bond donors (Lipinski definition) is 0. The molecule has 1 unspecified atom stereocenters. The van der Waals surface area contributed by atoms with Crippen LogP contribution in [0.5, 0.6) is 5.75 Å². The second kappa shape index (κ2) is 5.76. The summed E-state index contributed by atoms with van der Waals surface area (Å²) in [5, 5.41) is 18.3. The topological polar surface area (TPSA) is 56.8 Å². The van der Waals surface area contributed by atoms with Crippen LogP contribution in [0.15, 0.2) is 18.2 Å². The minimum Gasteiger partial charge on any atom is -0.489 e. The highest BCUT2D eigenvalue weighted by molar-refractivity contribution is 6.31. The Morgan fingerprint density at radius 2 is 2.00 bits per heavy atom. The van der Waals surface area contributed by atoms with Crippen LogP contribution in [0.3, 0.4) is 0 Å². The fraction of sp³-hybridized carbons (Fsp3) is 0.429. The van der Waals surface area contributed by atoms with Gasteiger partial charge in [-0.2, -0.15) is 10.5 Å². The Morgan fingerprint density at radius 3 is 2.67 bits per heavy atom. The maximum absolute atomic E-state index is 9.08. The van der Waals surface area contributed by atoms with Crippen molar-refractivity contribution in [3.05, 3.63) is 28.8 Å². The second-order valence-electron chi connectivity index (χ2n) is 4.43. The molecule has 0 aliphatic heterocycles. The van der Waals surface area contributed by atoms with Crippen LogP contribution in [0, 0.1) is 28.6 Å². The number of hydrogen-bond acceptors (Lipinski definition) is 3. The number of benzene rings is 1. The van der Waals surface area contributed by atoms with Gasteiger partial charge in [-0.25, -0.2) is 0 Å². The third kappa shape index (κ3) is 2.75. The molecular formula is C14H13ClN2O. The Labute approximate surface area is 112 Å². The Bertz CT molecular complexity index is 516. The van der Waals surface area contributed by atoms with Crippen LogP contribution >= 0.6 is 11.6 Å². The summed E-state index contributed by atoms with van der Waals surface area (Å²) in [5.41, 5.74) is 0.435. The zero-order valence-corrected chi connectivity index (χ0v) is 10.7. The van der Waals surface area contributed by atoms with Crippen LogP contribution < -0.4 is 4.74 Å². The Balaban J connectivity index is 2.11. The maximum Gasteiger partial charge on any atom is 0.121 e. The van der Waals surface area contributed by atoms with Crippen LogP contribution in [-0.4, -0.2) is 6.10 Å². The first-order chi connectivity index (χ1) is 8.74. The van der Waals surface area contributed by atoms with E-state index in [-0.39, 0.29) is 12.0 Å². The van der Waals surface area contributed by atoms with Crippen molar-refractivity contribution in [2.45, 2.75) is 31.8 Å². The molecule has 4 heteroatoms. The van der Waals surface area contributed by atoms with E-state index in [4.69, 9.17) is 26.9 Å². The molecular weight excluding hydrogens is 248 g/mol. The van der Waals surface area contributed by atoms with Gasteiger partial charge in [0.1, 0.15) is 17.9 Å². The lowest BCUT2D eigenvalue weighted by molar-refractivity contribution is 0.120. The summed E-state index contributed by atoms with van der Waals surface area (Å²) in [4.78, 5) is 0. The second-order valence-corrected chi connectivity index (χ2v) is 4.84. The first-order valence-electron chi connectivity index (χ1n) is 6.00. The van der Waals surface area contributed by atoms with E-state index in [2.05, 4.69) is 6.07 Å². The van der Waals surface area contributed by atoms with Gasteiger partial charge in [0, 0.05) is 6.07 Å². The van der Waals surface area contributed by atoms with E-state index in [1.165, 1.54) is 0 Å². The number of rotatable bonds is 2. The first-order valence-corrected chi connectivity index (χ1v) is 6.38. The number of nitrogens with zero attached hydrogens (tertiary/aromatic N) is 2. The lowest BCUT2D eigenvalue weighted by atomic mass is 9.87. The number of ether oxygens (including phenoxy) is 1. The molecule has 3 nitrogen and oxygen atoms in total. The molecule has 0 saturated heterocycles. The third-order valence-corrected chi connectivity index (χ3v) is 3.53. The van der Waals surface area contributed by atoms with E-state index in [9.17, 15) is 0 Å². The molecule has 0 spiro atoms. The predicted octanol–water partition coefficient (Wildman–Crippen LogP) is 3.67. The standard InChI is InChI=1S/C14H13ClN2O/c15-13-7-12(6-5-10(13)8-16)18-14-4-2-1-3-11(14)9-17/h5-7,11,14H,1-4H2/t11?,14-/m1/s1. The van der Waals surface area contributed by atoms with Crippen molar-refractivity contribution >= 4 is 11.6 Å². The Kier molecular flexibility index (Phi) is 4.07. The van der Waals surface area contributed by atoms with Gasteiger partial charge in [0.25, 0.3) is 0 Å². The minimum absolute atomic E-state index is 0.0480. The van der Waals surface area contributed by atoms with Gasteiger partial charge in [0.05, 0.1) is 22.6 Å². The van der Waals surface area contributed by atoms with Gasteiger partial charge in [-0.15, -0.1) is 0 Å². The van der Waals surface area contributed by atoms with Gasteiger partial charge >= 0.3 is 0 Å². The minimum atomic E-state index is -0.0623. The molecule has 1 aliphatic rings. The third-order valence-electron chi connectivity index (χ3n) is 3.22. The zero-order chi connectivity index (χ0) is 13.0. The van der Waals surface area contributed by atoms with Crippen LogP contribution in [-0.2, 0) is 0 Å². The highest BCUT2D eigenvalue weighted by Crippen LogP contribution is 2.29. The largest absolute Gasteiger partial charge is 0.489 e. The van der Waals surface area contributed by atoms with Gasteiger partial charge in [0.2, 0.25) is 0 Å². The molecule has 2 rings (SSSR count). The van der Waals surface area contributed by atoms with Gasteiger partial charge in [-0.3, -0.25) is 0 Å². The van der Waals surface area contributed by atoms with Gasteiger partial charge in [-0.1, -0.05) is 18.0 Å². The zero-order valence-electron chi connectivity index (χ0n) is 9.90. The van der Waals surface area contributed by atoms with Crippen molar-refractivity contribution in [3.63, 3.8) is 0 Å². The molecule has 0 aromatic heterocycles. The SMILES string of the molecule is N#Cc1ccc(O[C@@H]2CCCCC2C#N)cc1Cl. The molecule has 0 bridgehead atoms. The van der Waals surface area contributed by atoms with Crippen LogP contribution in [0.1, 0.15) is 31.2 Å². The Hall–Kier alpha value is -1.71. The molecule has 18 heavy (non-hydrogen) atoms. The molecule has 2 atom stereocenters. The van der Waals surface area contributed by atoms with Crippen molar-refractivity contribution in [2.75, 3.05) is 0 Å². The van der Waals surface area contributed by atoms with Crippen molar-refractivity contribution in [2.24, 2.45) is 5.92 Å². The van der Waals surface area contributed by atoms with Crippen LogP contribution in [0.25, 0.3) is 0 Å². The van der Waals surface area contributed by atoms with E-state index in [1.54, 1.807) is 18.2 Å². The van der Waals surface area contributed by atoms with Gasteiger partial charge < -0.3 is 4.74 Å². The van der Waals surface area contributed by atoms with E-state index in [0.29, 0.717) is 16.3 Å². The summed E-state index contributed by atoms with van der Waals surface area (Å²) in [6.45, 7) is 0. The van der Waals surface area contributed by atoms with E-state index >= 15 is 0 Å². The highest BCUT2D eigenvalue weighted by atomic mass is 35.5. The van der Waals surface area contributed by atoms with Gasteiger partial charge in [0.15, 0.2) is 0 Å². The summed E-state index contributed by atoms with van der Waals surface area (Å²) >= 11 is 5.95. The quantitative estimate of drug-likeness (QED) is 0.815. The predicted molar refractivity (Wildman–Crippen MR) is 68.2 cm³/mol. The van der Waals surface area contributed by atoms with Crippen molar-refractivity contribution in [3.8, 4) is 17.9 Å². The van der Waals surface area contributed by atoms with Crippen molar-refractivity contribution in [1.29, 1.82) is 10.5 Å². The fourth-order valence-corrected chi connectivity index (χ4v) is 2.43. The van der Waals surface area contributed by atoms with Crippen LogP contribution in [0.4, 0.5) is 0 Å². The van der Waals surface area contributed by atoms with E-state index in [0.717, 1.165) is 25.7 Å². The summed E-state index contributed by atoms with van der Waals surface area (Å²) < 4.78 is 5.82. The lowest BCUT2D eigenvalue weighted by Crippen LogP contribution is -2.29. The average molecular weight is 261 g/mol. The lowest BCUT2D eigenvalue weighted by Gasteiger charge is -2.27. The molecule has 92 valence electrons. The summed E-state index contributed by atoms with van der Waals surface area (Å²) in [6, 6.07) is 9.32. The molecule has 1 aromatic carbocycles. The summed E-state index contributed by atoms with van der Waals surface area (Å²) in [5.74, 6) is 0.583. The molecule has 1 aliphatic carbocycles. The molecule has 0 amide bonds. The first kappa shape index (κ1) is 12.7. The highest BCUT2D eigenvalue weighted by Gasteiger charge is 2.26. The van der Waals surface area contributed by atoms with Crippen LogP contribution in [0.2, 0.25) is 5.02 Å². The molecule has 1 saturated carbocycles. The summed E-state index contributed by atoms with van der Waals surface area (Å²) in [7, 11) is 0. The molecule has 0 N–H and O–H groups in total. The number of halogens is 1. The molecule has 1 fully saturated rings. The van der Waals surface area contributed by atoms with Crippen molar-refractivity contribution in [1.82, 2.24) is 0 Å². The molecule has 0 radical (unpaired) electrons. The smallest absolute Gasteiger partial charge is 0.121 e.